The molecule has 1 saturated heterocycles. The fourth-order valence-electron chi connectivity index (χ4n) is 2.34. The lowest BCUT2D eigenvalue weighted by Crippen LogP contribution is -2.20. The molecule has 0 bridgehead atoms. The van der Waals surface area contributed by atoms with Crippen LogP contribution in [0.25, 0.3) is 0 Å². The molecule has 0 unspecified atom stereocenters. The number of aromatic nitrogens is 1. The van der Waals surface area contributed by atoms with Crippen LogP contribution in [0.1, 0.15) is 18.6 Å². The van der Waals surface area contributed by atoms with Gasteiger partial charge in [0.05, 0.1) is 23.0 Å². The minimum absolute atomic E-state index is 0.653. The largest absolute Gasteiger partial charge is 0.466 e. The maximum atomic E-state index is 5.41. The van der Waals surface area contributed by atoms with E-state index in [0.29, 0.717) is 6.54 Å². The molecular weight excluding hydrogens is 306 g/mol. The minimum atomic E-state index is 0.653. The molecule has 1 fully saturated rings. The zero-order valence-corrected chi connectivity index (χ0v) is 12.2. The van der Waals surface area contributed by atoms with E-state index in [0.717, 1.165) is 34.8 Å². The molecule has 1 aliphatic heterocycles. The van der Waals surface area contributed by atoms with E-state index in [1.165, 1.54) is 12.8 Å². The number of nitrogens with one attached hydrogen (secondary N) is 1. The van der Waals surface area contributed by atoms with Gasteiger partial charge in [0.25, 0.3) is 0 Å². The highest BCUT2D eigenvalue weighted by Crippen LogP contribution is 2.27. The molecule has 0 radical (unpaired) electrons. The number of halogens is 1. The van der Waals surface area contributed by atoms with Crippen molar-refractivity contribution in [1.82, 2.24) is 4.98 Å². The summed E-state index contributed by atoms with van der Waals surface area (Å²) >= 11 is 3.46. The van der Waals surface area contributed by atoms with E-state index in [1.807, 2.05) is 18.3 Å². The molecule has 0 saturated carbocycles. The summed E-state index contributed by atoms with van der Waals surface area (Å²) < 4.78 is 6.40. The molecule has 5 heteroatoms. The summed E-state index contributed by atoms with van der Waals surface area (Å²) in [4.78, 5) is 6.84. The minimum Gasteiger partial charge on any atom is -0.466 e. The molecule has 1 aliphatic rings. The average Bonchev–Trinajstić information content (AvgIpc) is 3.08. The Bertz CT molecular complexity index is 549. The summed E-state index contributed by atoms with van der Waals surface area (Å²) in [7, 11) is 0. The van der Waals surface area contributed by atoms with Gasteiger partial charge in [0.2, 0.25) is 0 Å². The maximum absolute atomic E-state index is 5.41. The van der Waals surface area contributed by atoms with Gasteiger partial charge >= 0.3 is 0 Å². The zero-order chi connectivity index (χ0) is 13.1. The SMILES string of the molecule is Brc1ccoc1CNc1cccnc1N1CCCC1. The van der Waals surface area contributed by atoms with Gasteiger partial charge in [0, 0.05) is 19.3 Å². The van der Waals surface area contributed by atoms with Crippen molar-refractivity contribution in [1.29, 1.82) is 0 Å². The van der Waals surface area contributed by atoms with E-state index >= 15 is 0 Å². The molecule has 0 spiro atoms. The second-order valence-electron chi connectivity index (χ2n) is 4.61. The molecular formula is C14H16BrN3O. The predicted octanol–water partition coefficient (Wildman–Crippen LogP) is 3.65. The van der Waals surface area contributed by atoms with Crippen LogP contribution in [-0.4, -0.2) is 18.1 Å². The summed E-state index contributed by atoms with van der Waals surface area (Å²) in [6, 6.07) is 5.93. The number of rotatable bonds is 4. The Morgan fingerprint density at radius 2 is 2.16 bits per heavy atom. The molecule has 0 atom stereocenters. The molecule has 0 aromatic carbocycles. The van der Waals surface area contributed by atoms with E-state index < -0.39 is 0 Å². The topological polar surface area (TPSA) is 41.3 Å². The number of hydrogen-bond acceptors (Lipinski definition) is 4. The van der Waals surface area contributed by atoms with Gasteiger partial charge in [-0.2, -0.15) is 0 Å². The number of pyridine rings is 1. The Hall–Kier alpha value is -1.49. The van der Waals surface area contributed by atoms with Gasteiger partial charge in [-0.05, 0) is 47.0 Å². The molecule has 0 amide bonds. The average molecular weight is 322 g/mol. The van der Waals surface area contributed by atoms with E-state index in [-0.39, 0.29) is 0 Å². The van der Waals surface area contributed by atoms with Crippen molar-refractivity contribution in [3.05, 3.63) is 40.9 Å². The molecule has 1 N–H and O–H groups in total. The van der Waals surface area contributed by atoms with Crippen molar-refractivity contribution in [2.45, 2.75) is 19.4 Å². The summed E-state index contributed by atoms with van der Waals surface area (Å²) in [5, 5.41) is 3.41. The third-order valence-electron chi connectivity index (χ3n) is 3.32. The van der Waals surface area contributed by atoms with Crippen LogP contribution >= 0.6 is 15.9 Å². The van der Waals surface area contributed by atoms with Crippen molar-refractivity contribution in [2.24, 2.45) is 0 Å². The van der Waals surface area contributed by atoms with Crippen LogP contribution in [0, 0.1) is 0 Å². The number of hydrogen-bond donors (Lipinski definition) is 1. The highest BCUT2D eigenvalue weighted by molar-refractivity contribution is 9.10. The van der Waals surface area contributed by atoms with Crippen molar-refractivity contribution >= 4 is 27.4 Å². The smallest absolute Gasteiger partial charge is 0.151 e. The van der Waals surface area contributed by atoms with Crippen LogP contribution < -0.4 is 10.2 Å². The van der Waals surface area contributed by atoms with Crippen LogP contribution in [0.3, 0.4) is 0 Å². The summed E-state index contributed by atoms with van der Waals surface area (Å²) in [5.41, 5.74) is 1.06. The molecule has 19 heavy (non-hydrogen) atoms. The second kappa shape index (κ2) is 5.65. The number of nitrogens with zero attached hydrogens (tertiary/aromatic N) is 2. The molecule has 4 nitrogen and oxygen atoms in total. The van der Waals surface area contributed by atoms with Crippen molar-refractivity contribution in [3.8, 4) is 0 Å². The first-order valence-corrected chi connectivity index (χ1v) is 7.29. The van der Waals surface area contributed by atoms with Crippen LogP contribution in [0.2, 0.25) is 0 Å². The highest BCUT2D eigenvalue weighted by Gasteiger charge is 2.16. The monoisotopic (exact) mass is 321 g/mol. The van der Waals surface area contributed by atoms with Gasteiger partial charge < -0.3 is 14.6 Å². The highest BCUT2D eigenvalue weighted by atomic mass is 79.9. The summed E-state index contributed by atoms with van der Waals surface area (Å²) in [6.45, 7) is 2.84. The summed E-state index contributed by atoms with van der Waals surface area (Å²) in [5.74, 6) is 1.94. The lowest BCUT2D eigenvalue weighted by atomic mass is 10.3. The Balaban J connectivity index is 1.75. The van der Waals surface area contributed by atoms with Crippen molar-refractivity contribution in [2.75, 3.05) is 23.3 Å². The Labute approximate surface area is 120 Å². The predicted molar refractivity (Wildman–Crippen MR) is 79.4 cm³/mol. The van der Waals surface area contributed by atoms with Crippen molar-refractivity contribution < 1.29 is 4.42 Å². The zero-order valence-electron chi connectivity index (χ0n) is 10.6. The van der Waals surface area contributed by atoms with Crippen LogP contribution in [0.15, 0.2) is 39.5 Å². The van der Waals surface area contributed by atoms with Crippen LogP contribution in [0.5, 0.6) is 0 Å². The number of anilines is 2. The first-order valence-electron chi connectivity index (χ1n) is 6.50. The maximum Gasteiger partial charge on any atom is 0.151 e. The Morgan fingerprint density at radius 1 is 1.32 bits per heavy atom. The van der Waals surface area contributed by atoms with E-state index in [9.17, 15) is 0 Å². The van der Waals surface area contributed by atoms with Gasteiger partial charge in [-0.25, -0.2) is 4.98 Å². The van der Waals surface area contributed by atoms with Gasteiger partial charge in [0.1, 0.15) is 5.76 Å². The van der Waals surface area contributed by atoms with Gasteiger partial charge in [-0.1, -0.05) is 0 Å². The first-order chi connectivity index (χ1) is 9.34. The van der Waals surface area contributed by atoms with Gasteiger partial charge in [-0.15, -0.1) is 0 Å². The molecule has 2 aromatic heterocycles. The molecule has 3 heterocycles. The van der Waals surface area contributed by atoms with Crippen LogP contribution in [-0.2, 0) is 6.54 Å². The van der Waals surface area contributed by atoms with Gasteiger partial charge in [0.15, 0.2) is 5.82 Å². The Kier molecular flexibility index (Phi) is 3.73. The number of furan rings is 1. The standard InChI is InChI=1S/C14H16BrN3O/c15-11-5-9-19-13(11)10-17-12-4-3-6-16-14(12)18-7-1-2-8-18/h3-6,9,17H,1-2,7-8,10H2. The third kappa shape index (κ3) is 2.76. The molecule has 0 aliphatic carbocycles. The summed E-state index contributed by atoms with van der Waals surface area (Å²) in [6.07, 6.45) is 6.03. The van der Waals surface area contributed by atoms with E-state index in [1.54, 1.807) is 6.26 Å². The van der Waals surface area contributed by atoms with Gasteiger partial charge in [-0.3, -0.25) is 0 Å². The third-order valence-corrected chi connectivity index (χ3v) is 4.03. The molecule has 3 rings (SSSR count). The lowest BCUT2D eigenvalue weighted by Gasteiger charge is -2.20. The lowest BCUT2D eigenvalue weighted by molar-refractivity contribution is 0.516. The fraction of sp³-hybridized carbons (Fsp3) is 0.357. The first kappa shape index (κ1) is 12.5. The molecule has 100 valence electrons. The van der Waals surface area contributed by atoms with E-state index in [4.69, 9.17) is 4.42 Å². The van der Waals surface area contributed by atoms with Crippen LogP contribution in [0.4, 0.5) is 11.5 Å². The second-order valence-corrected chi connectivity index (χ2v) is 5.47. The fourth-order valence-corrected chi connectivity index (χ4v) is 2.68. The van der Waals surface area contributed by atoms with Crippen molar-refractivity contribution in [3.63, 3.8) is 0 Å². The molecule has 2 aromatic rings. The normalized spacial score (nSPS) is 14.9. The Morgan fingerprint density at radius 3 is 2.89 bits per heavy atom. The quantitative estimate of drug-likeness (QED) is 0.933. The van der Waals surface area contributed by atoms with E-state index in [2.05, 4.69) is 37.2 Å².